The second-order valence-electron chi connectivity index (χ2n) is 11.0. The zero-order valence-electron chi connectivity index (χ0n) is 27.9. The first-order valence-electron chi connectivity index (χ1n) is 14.7. The Balaban J connectivity index is 2.82. The lowest BCUT2D eigenvalue weighted by atomic mass is 9.94. The summed E-state index contributed by atoms with van der Waals surface area (Å²) < 4.78 is 54.7. The second-order valence-corrected chi connectivity index (χ2v) is 11.0. The summed E-state index contributed by atoms with van der Waals surface area (Å²) in [7, 11) is 0.987. The number of carbonyl (C=O) groups is 8. The fourth-order valence-electron chi connectivity index (χ4n) is 4.83. The van der Waals surface area contributed by atoms with Gasteiger partial charge in [-0.2, -0.15) is 0 Å². The number of esters is 7. The molecule has 19 heteroatoms. The highest BCUT2D eigenvalue weighted by molar-refractivity contribution is 5.79. The van der Waals surface area contributed by atoms with Gasteiger partial charge in [0.2, 0.25) is 12.2 Å². The standard InChI is InChI=1S/C29H41NO18/c1-11(2)26(37)30-19-21(20(41-13(4)32)18(10-40-12(3)31)46-28(19)45-17(8)36)47-29-25(44-16(7)35)23(43-15(6)34)22(42-14(5)33)24(48-29)27(38)39-9/h11,18-25,28-29H,10H2,1-9H3,(H,30,37)/t18-,19-,20+,21-,22+,23+,24+,25-,28?,29-/m1/s1. The molecule has 1 unspecified atom stereocenters. The highest BCUT2D eigenvalue weighted by Gasteiger charge is 2.59. The molecule has 0 saturated carbocycles. The fraction of sp³-hybridized carbons (Fsp3) is 0.724. The quantitative estimate of drug-likeness (QED) is 0.190. The zero-order valence-corrected chi connectivity index (χ0v) is 27.9. The minimum absolute atomic E-state index is 0.579. The summed E-state index contributed by atoms with van der Waals surface area (Å²) in [4.78, 5) is 98.8. The number of hydrogen-bond acceptors (Lipinski definition) is 18. The molecule has 2 aliphatic rings. The minimum atomic E-state index is -1.94. The highest BCUT2D eigenvalue weighted by Crippen LogP contribution is 2.35. The van der Waals surface area contributed by atoms with E-state index in [0.29, 0.717) is 0 Å². The van der Waals surface area contributed by atoms with Crippen LogP contribution in [0.1, 0.15) is 55.4 Å². The van der Waals surface area contributed by atoms with E-state index in [1.807, 2.05) is 0 Å². The lowest BCUT2D eigenvalue weighted by Crippen LogP contribution is -2.70. The van der Waals surface area contributed by atoms with Crippen molar-refractivity contribution in [3.8, 4) is 0 Å². The normalized spacial score (nSPS) is 29.8. The third-order valence-corrected chi connectivity index (χ3v) is 6.64. The lowest BCUT2D eigenvalue weighted by Gasteiger charge is -2.48. The van der Waals surface area contributed by atoms with Crippen LogP contribution in [-0.2, 0) is 85.7 Å². The maximum Gasteiger partial charge on any atom is 0.339 e. The van der Waals surface area contributed by atoms with Gasteiger partial charge in [0.05, 0.1) is 7.11 Å². The molecule has 0 bridgehead atoms. The van der Waals surface area contributed by atoms with Crippen LogP contribution in [0.4, 0.5) is 0 Å². The van der Waals surface area contributed by atoms with Gasteiger partial charge in [0, 0.05) is 47.5 Å². The molecule has 0 spiro atoms. The maximum absolute atomic E-state index is 13.0. The van der Waals surface area contributed by atoms with E-state index in [1.165, 1.54) is 0 Å². The van der Waals surface area contributed by atoms with Gasteiger partial charge in [0.1, 0.15) is 24.9 Å². The summed E-state index contributed by atoms with van der Waals surface area (Å²) >= 11 is 0. The van der Waals surface area contributed by atoms with Gasteiger partial charge in [-0.25, -0.2) is 4.79 Å². The average Bonchev–Trinajstić information content (AvgIpc) is 2.95. The highest BCUT2D eigenvalue weighted by atomic mass is 16.8. The Bertz CT molecular complexity index is 1230. The molecular formula is C29H41NO18. The maximum atomic E-state index is 13.0. The Labute approximate surface area is 275 Å². The van der Waals surface area contributed by atoms with Crippen LogP contribution >= 0.6 is 0 Å². The van der Waals surface area contributed by atoms with Gasteiger partial charge < -0.3 is 52.7 Å². The van der Waals surface area contributed by atoms with Crippen LogP contribution < -0.4 is 5.32 Å². The Kier molecular flexibility index (Phi) is 14.7. The van der Waals surface area contributed by atoms with Crippen LogP contribution in [-0.4, -0.2) is 123 Å². The van der Waals surface area contributed by atoms with Gasteiger partial charge >= 0.3 is 41.8 Å². The number of methoxy groups -OCH3 is 1. The zero-order chi connectivity index (χ0) is 36.5. The third kappa shape index (κ3) is 11.1. The van der Waals surface area contributed by atoms with Crippen LogP contribution in [0.15, 0.2) is 0 Å². The Hall–Kier alpha value is -4.36. The van der Waals surface area contributed by atoms with E-state index in [9.17, 15) is 38.4 Å². The van der Waals surface area contributed by atoms with E-state index in [-0.39, 0.29) is 0 Å². The summed E-state index contributed by atoms with van der Waals surface area (Å²) in [5.41, 5.74) is 0. The van der Waals surface area contributed by atoms with Crippen molar-refractivity contribution in [1.82, 2.24) is 5.32 Å². The van der Waals surface area contributed by atoms with E-state index in [0.717, 1.165) is 48.7 Å². The Morgan fingerprint density at radius 2 is 1.10 bits per heavy atom. The van der Waals surface area contributed by atoms with E-state index in [2.05, 4.69) is 5.32 Å². The van der Waals surface area contributed by atoms with Gasteiger partial charge in [-0.3, -0.25) is 33.6 Å². The fourth-order valence-corrected chi connectivity index (χ4v) is 4.83. The molecule has 1 N–H and O–H groups in total. The molecule has 2 heterocycles. The van der Waals surface area contributed by atoms with Crippen LogP contribution in [0.2, 0.25) is 0 Å². The summed E-state index contributed by atoms with van der Waals surface area (Å²) in [6.45, 7) is 8.65. The Morgan fingerprint density at radius 1 is 0.604 bits per heavy atom. The van der Waals surface area contributed by atoms with Gasteiger partial charge in [-0.05, 0) is 0 Å². The molecule has 2 rings (SSSR count). The van der Waals surface area contributed by atoms with Crippen molar-refractivity contribution in [2.75, 3.05) is 13.7 Å². The van der Waals surface area contributed by atoms with Crippen molar-refractivity contribution in [3.63, 3.8) is 0 Å². The summed E-state index contributed by atoms with van der Waals surface area (Å²) in [6.07, 6.45) is -15.4. The van der Waals surface area contributed by atoms with Crippen molar-refractivity contribution >= 4 is 47.7 Å². The topological polar surface area (TPSA) is 241 Å². The first-order valence-corrected chi connectivity index (χ1v) is 14.7. The van der Waals surface area contributed by atoms with Crippen LogP contribution in [0, 0.1) is 5.92 Å². The van der Waals surface area contributed by atoms with E-state index < -0.39 is 122 Å². The smallest absolute Gasteiger partial charge is 0.339 e. The first kappa shape index (κ1) is 39.8. The monoisotopic (exact) mass is 691 g/mol. The van der Waals surface area contributed by atoms with Crippen molar-refractivity contribution in [2.45, 2.75) is 117 Å². The predicted octanol–water partition coefficient (Wildman–Crippen LogP) is -1.01. The van der Waals surface area contributed by atoms with E-state index in [4.69, 9.17) is 47.4 Å². The van der Waals surface area contributed by atoms with Gasteiger partial charge in [-0.15, -0.1) is 0 Å². The van der Waals surface area contributed by atoms with Crippen molar-refractivity contribution in [1.29, 1.82) is 0 Å². The van der Waals surface area contributed by atoms with Crippen LogP contribution in [0.25, 0.3) is 0 Å². The molecule has 0 aromatic heterocycles. The molecule has 0 aromatic carbocycles. The number of hydrogen-bond donors (Lipinski definition) is 1. The SMILES string of the molecule is COC(=O)[C@H]1O[C@@H](O[C@H]2[C@@H](OC(C)=O)[C@@H](COC(C)=O)OC(OC(C)=O)[C@@H]2NC(=O)C(C)C)[C@H](OC(C)=O)[C@@H](OC(C)=O)[C@@H]1OC(C)=O. The van der Waals surface area contributed by atoms with Gasteiger partial charge in [0.15, 0.2) is 36.8 Å². The van der Waals surface area contributed by atoms with Gasteiger partial charge in [0.25, 0.3) is 0 Å². The summed E-state index contributed by atoms with van der Waals surface area (Å²) in [5.74, 6) is -7.80. The van der Waals surface area contributed by atoms with Crippen molar-refractivity contribution in [2.24, 2.45) is 5.92 Å². The molecule has 2 saturated heterocycles. The number of nitrogens with one attached hydrogen (secondary N) is 1. The molecule has 0 radical (unpaired) electrons. The first-order chi connectivity index (χ1) is 22.4. The number of ether oxygens (including phenoxy) is 10. The number of carbonyl (C=O) groups excluding carboxylic acids is 8. The van der Waals surface area contributed by atoms with Crippen LogP contribution in [0.5, 0.6) is 0 Å². The minimum Gasteiger partial charge on any atom is -0.467 e. The molecule has 48 heavy (non-hydrogen) atoms. The average molecular weight is 692 g/mol. The predicted molar refractivity (Wildman–Crippen MR) is 152 cm³/mol. The third-order valence-electron chi connectivity index (χ3n) is 6.64. The van der Waals surface area contributed by atoms with E-state index >= 15 is 0 Å². The molecule has 0 aliphatic carbocycles. The summed E-state index contributed by atoms with van der Waals surface area (Å²) in [6, 6.07) is -1.52. The molecule has 270 valence electrons. The molecule has 2 aliphatic heterocycles. The number of amides is 1. The van der Waals surface area contributed by atoms with Crippen LogP contribution in [0.3, 0.4) is 0 Å². The second kappa shape index (κ2) is 17.7. The largest absolute Gasteiger partial charge is 0.467 e. The molecule has 2 fully saturated rings. The lowest BCUT2D eigenvalue weighted by molar-refractivity contribution is -0.340. The van der Waals surface area contributed by atoms with Crippen molar-refractivity contribution < 1.29 is 85.7 Å². The van der Waals surface area contributed by atoms with Crippen molar-refractivity contribution in [3.05, 3.63) is 0 Å². The molecular weight excluding hydrogens is 650 g/mol. The molecule has 10 atom stereocenters. The molecule has 19 nitrogen and oxygen atoms in total. The summed E-state index contributed by atoms with van der Waals surface area (Å²) in [5, 5.41) is 2.61. The Morgan fingerprint density at radius 3 is 1.58 bits per heavy atom. The number of rotatable bonds is 12. The van der Waals surface area contributed by atoms with Gasteiger partial charge in [-0.1, -0.05) is 13.8 Å². The molecule has 1 amide bonds. The molecule has 0 aromatic rings. The van der Waals surface area contributed by atoms with E-state index in [1.54, 1.807) is 13.8 Å².